The summed E-state index contributed by atoms with van der Waals surface area (Å²) in [5, 5.41) is 8.43. The van der Waals surface area contributed by atoms with E-state index < -0.39 is 5.91 Å². The third kappa shape index (κ3) is 2.85. The average Bonchev–Trinajstić information content (AvgIpc) is 2.08. The minimum atomic E-state index is -0.535. The Balaban J connectivity index is 0.00000169. The average molecular weight is 304 g/mol. The van der Waals surface area contributed by atoms with Gasteiger partial charge in [0.25, 0.3) is 11.7 Å². The molecule has 1 aromatic rings. The molecule has 6 heteroatoms. The number of carbonyl (C=O) groups excluding carboxylic acids is 1. The highest BCUT2D eigenvalue weighted by Gasteiger charge is 2.07. The number of rotatable bonds is 2. The number of halogens is 1. The highest BCUT2D eigenvalue weighted by molar-refractivity contribution is 5.92. The Labute approximate surface area is 98.3 Å². The van der Waals surface area contributed by atoms with Gasteiger partial charge in [0.2, 0.25) is 0 Å². The predicted molar refractivity (Wildman–Crippen MR) is 45.2 cm³/mol. The first-order chi connectivity index (χ1) is 6.15. The Bertz CT molecular complexity index is 385. The van der Waals surface area contributed by atoms with E-state index in [0.717, 1.165) is 0 Å². The van der Waals surface area contributed by atoms with E-state index in [9.17, 15) is 4.79 Å². The lowest BCUT2D eigenvalue weighted by Crippen LogP contribution is -3.00. The van der Waals surface area contributed by atoms with E-state index in [2.05, 4.69) is 0 Å². The van der Waals surface area contributed by atoms with E-state index in [1.807, 2.05) is 6.07 Å². The van der Waals surface area contributed by atoms with Gasteiger partial charge in [-0.3, -0.25) is 10.5 Å². The van der Waals surface area contributed by atoms with Crippen LogP contribution in [0.1, 0.15) is 10.4 Å². The second kappa shape index (κ2) is 5.39. The van der Waals surface area contributed by atoms with Crippen molar-refractivity contribution in [3.8, 4) is 6.07 Å². The Morgan fingerprint density at radius 2 is 2.21 bits per heavy atom. The summed E-state index contributed by atoms with van der Waals surface area (Å²) >= 11 is 0. The molecule has 0 aliphatic heterocycles. The van der Waals surface area contributed by atoms with Crippen LogP contribution in [0, 0.1) is 11.3 Å². The molecule has 1 amide bonds. The molecule has 1 heterocycles. The van der Waals surface area contributed by atoms with Crippen LogP contribution in [0.5, 0.6) is 0 Å². The molecule has 0 bridgehead atoms. The SMILES string of the molecule is N#CC[n+]1cc(C(N)=O)ccc1N.[I-]. The van der Waals surface area contributed by atoms with Crippen LogP contribution in [-0.4, -0.2) is 5.91 Å². The van der Waals surface area contributed by atoms with Crippen molar-refractivity contribution >= 4 is 11.7 Å². The molecule has 0 aliphatic rings. The number of carbonyl (C=O) groups is 1. The number of hydrogen-bond acceptors (Lipinski definition) is 3. The van der Waals surface area contributed by atoms with Crippen molar-refractivity contribution in [2.45, 2.75) is 6.54 Å². The standard InChI is InChI=1S/C8H8N4O.HI/c9-3-4-12-5-6(8(11)13)1-2-7(12)10;/h1-2,5,10H,4H2,(H2,11,13);1H. The molecule has 0 spiro atoms. The molecule has 0 saturated carbocycles. The molecule has 0 saturated heterocycles. The molecular weight excluding hydrogens is 295 g/mol. The first-order valence-corrected chi connectivity index (χ1v) is 3.61. The van der Waals surface area contributed by atoms with Crippen LogP contribution < -0.4 is 40.0 Å². The summed E-state index contributed by atoms with van der Waals surface area (Å²) in [4.78, 5) is 10.8. The van der Waals surface area contributed by atoms with Gasteiger partial charge in [-0.1, -0.05) is 0 Å². The lowest BCUT2D eigenvalue weighted by atomic mass is 10.2. The second-order valence-electron chi connectivity index (χ2n) is 2.49. The summed E-state index contributed by atoms with van der Waals surface area (Å²) in [6.07, 6.45) is 1.46. The number of pyridine rings is 1. The van der Waals surface area contributed by atoms with Gasteiger partial charge in [-0.25, -0.2) is 4.57 Å². The Morgan fingerprint density at radius 3 is 2.71 bits per heavy atom. The van der Waals surface area contributed by atoms with Crippen LogP contribution in [0.15, 0.2) is 18.3 Å². The van der Waals surface area contributed by atoms with Crippen LogP contribution in [0.4, 0.5) is 5.82 Å². The van der Waals surface area contributed by atoms with Crippen molar-refractivity contribution in [1.82, 2.24) is 0 Å². The number of aromatic nitrogens is 1. The van der Waals surface area contributed by atoms with Crippen molar-refractivity contribution in [3.63, 3.8) is 0 Å². The van der Waals surface area contributed by atoms with Gasteiger partial charge in [0.15, 0.2) is 6.54 Å². The second-order valence-corrected chi connectivity index (χ2v) is 2.49. The molecule has 0 radical (unpaired) electrons. The number of hydrogen-bond donors (Lipinski definition) is 2. The maximum atomic E-state index is 10.8. The fourth-order valence-corrected chi connectivity index (χ4v) is 0.915. The summed E-state index contributed by atoms with van der Waals surface area (Å²) in [7, 11) is 0. The third-order valence-corrected chi connectivity index (χ3v) is 1.59. The Kier molecular flexibility index (Phi) is 4.86. The molecule has 14 heavy (non-hydrogen) atoms. The summed E-state index contributed by atoms with van der Waals surface area (Å²) in [5.74, 6) is -0.113. The van der Waals surface area contributed by atoms with E-state index in [1.165, 1.54) is 22.9 Å². The lowest BCUT2D eigenvalue weighted by Gasteiger charge is -1.99. The molecular formula is C8H9IN4O. The number of amides is 1. The molecule has 74 valence electrons. The Hall–Kier alpha value is -1.36. The van der Waals surface area contributed by atoms with Gasteiger partial charge in [-0.15, -0.1) is 0 Å². The lowest BCUT2D eigenvalue weighted by molar-refractivity contribution is -0.670. The maximum absolute atomic E-state index is 10.8. The first-order valence-electron chi connectivity index (χ1n) is 3.61. The van der Waals surface area contributed by atoms with E-state index in [-0.39, 0.29) is 30.5 Å². The van der Waals surface area contributed by atoms with Gasteiger partial charge in [-0.2, -0.15) is 5.26 Å². The molecule has 0 aromatic carbocycles. The molecule has 0 aliphatic carbocycles. The first kappa shape index (κ1) is 12.6. The van der Waals surface area contributed by atoms with Gasteiger partial charge in [0.05, 0.1) is 5.56 Å². The van der Waals surface area contributed by atoms with Crippen molar-refractivity contribution in [2.75, 3.05) is 5.73 Å². The summed E-state index contributed by atoms with van der Waals surface area (Å²) < 4.78 is 1.46. The molecule has 5 nitrogen and oxygen atoms in total. The summed E-state index contributed by atoms with van der Waals surface area (Å²) in [6.45, 7) is 0.104. The number of nitrogens with zero attached hydrogens (tertiary/aromatic N) is 2. The van der Waals surface area contributed by atoms with E-state index >= 15 is 0 Å². The van der Waals surface area contributed by atoms with Crippen molar-refractivity contribution in [2.24, 2.45) is 5.73 Å². The topological polar surface area (TPSA) is 96.8 Å². The number of nitrogen functional groups attached to an aromatic ring is 1. The zero-order valence-electron chi connectivity index (χ0n) is 7.27. The van der Waals surface area contributed by atoms with Gasteiger partial charge >= 0.3 is 0 Å². The molecule has 1 aromatic heterocycles. The van der Waals surface area contributed by atoms with Crippen LogP contribution in [0.2, 0.25) is 0 Å². The number of nitriles is 1. The van der Waals surface area contributed by atoms with Crippen LogP contribution in [0.25, 0.3) is 0 Å². The zero-order chi connectivity index (χ0) is 9.84. The fourth-order valence-electron chi connectivity index (χ4n) is 0.915. The molecule has 4 N–H and O–H groups in total. The highest BCUT2D eigenvalue weighted by atomic mass is 127. The van der Waals surface area contributed by atoms with E-state index in [0.29, 0.717) is 11.4 Å². The molecule has 0 unspecified atom stereocenters. The minimum Gasteiger partial charge on any atom is -1.00 e. The van der Waals surface area contributed by atoms with Crippen molar-refractivity contribution < 1.29 is 33.3 Å². The predicted octanol–water partition coefficient (Wildman–Crippen LogP) is -3.82. The molecule has 0 atom stereocenters. The van der Waals surface area contributed by atoms with Gasteiger partial charge in [-0.05, 0) is 6.07 Å². The van der Waals surface area contributed by atoms with Crippen LogP contribution in [0.3, 0.4) is 0 Å². The quantitative estimate of drug-likeness (QED) is 0.433. The number of nitrogens with two attached hydrogens (primary N) is 2. The zero-order valence-corrected chi connectivity index (χ0v) is 9.43. The molecule has 1 rings (SSSR count). The number of primary amides is 1. The third-order valence-electron chi connectivity index (χ3n) is 1.59. The summed E-state index contributed by atoms with van der Waals surface area (Å²) in [6, 6.07) is 4.98. The van der Waals surface area contributed by atoms with Gasteiger partial charge in [0, 0.05) is 6.07 Å². The van der Waals surface area contributed by atoms with Crippen molar-refractivity contribution in [3.05, 3.63) is 23.9 Å². The van der Waals surface area contributed by atoms with Crippen molar-refractivity contribution in [1.29, 1.82) is 5.26 Å². The summed E-state index contributed by atoms with van der Waals surface area (Å²) in [5.41, 5.74) is 10.9. The van der Waals surface area contributed by atoms with E-state index in [4.69, 9.17) is 16.7 Å². The largest absolute Gasteiger partial charge is 1.00 e. The van der Waals surface area contributed by atoms with E-state index in [1.54, 1.807) is 0 Å². The smallest absolute Gasteiger partial charge is 0.273 e. The monoisotopic (exact) mass is 304 g/mol. The van der Waals surface area contributed by atoms with Crippen LogP contribution in [-0.2, 0) is 6.54 Å². The van der Waals surface area contributed by atoms with Gasteiger partial charge in [0.1, 0.15) is 12.3 Å². The van der Waals surface area contributed by atoms with Gasteiger partial charge < -0.3 is 29.7 Å². The minimum absolute atomic E-state index is 0. The normalized spacial score (nSPS) is 8.50. The Morgan fingerprint density at radius 1 is 1.57 bits per heavy atom. The highest BCUT2D eigenvalue weighted by Crippen LogP contribution is 1.98. The maximum Gasteiger partial charge on any atom is 0.273 e. The molecule has 0 fully saturated rings. The fraction of sp³-hybridized carbons (Fsp3) is 0.125. The van der Waals surface area contributed by atoms with Crippen LogP contribution >= 0.6 is 0 Å². The number of anilines is 1.